The second-order valence-electron chi connectivity index (χ2n) is 13.9. The van der Waals surface area contributed by atoms with Gasteiger partial charge in [0.05, 0.1) is 5.41 Å². The Labute approximate surface area is 327 Å². The Kier molecular flexibility index (Phi) is 9.28. The molecule has 0 atom stereocenters. The van der Waals surface area contributed by atoms with Crippen molar-refractivity contribution >= 4 is 29.3 Å². The summed E-state index contributed by atoms with van der Waals surface area (Å²) in [5.41, 5.74) is 13.6. The molecule has 0 heterocycles. The molecule has 1 aliphatic carbocycles. The van der Waals surface area contributed by atoms with Crippen molar-refractivity contribution in [2.24, 2.45) is 9.98 Å². The van der Waals surface area contributed by atoms with Gasteiger partial charge in [-0.05, 0) is 80.9 Å². The van der Waals surface area contributed by atoms with Gasteiger partial charge < -0.3 is 5.32 Å². The van der Waals surface area contributed by atoms with Gasteiger partial charge in [0.1, 0.15) is 0 Å². The SMILES string of the molecule is N=C(/N=C(\N=C\c1ccccc1)c1ccccc1)c1ccc(Nc2cc3c(cc2-c2ccccc2)C(c2ccccc2)(c2ccccc2)c2ccccc2-3)cc1. The van der Waals surface area contributed by atoms with Crippen LogP contribution in [0.15, 0.2) is 222 Å². The van der Waals surface area contributed by atoms with Crippen LogP contribution in [0.1, 0.15) is 38.9 Å². The largest absolute Gasteiger partial charge is 0.355 e. The van der Waals surface area contributed by atoms with Gasteiger partial charge in [-0.2, -0.15) is 0 Å². The first kappa shape index (κ1) is 34.3. The van der Waals surface area contributed by atoms with Crippen molar-refractivity contribution in [2.45, 2.75) is 5.41 Å². The lowest BCUT2D eigenvalue weighted by atomic mass is 9.67. The number of rotatable bonds is 8. The summed E-state index contributed by atoms with van der Waals surface area (Å²) in [4.78, 5) is 9.41. The third-order valence-electron chi connectivity index (χ3n) is 10.5. The predicted molar refractivity (Wildman–Crippen MR) is 233 cm³/mol. The van der Waals surface area contributed by atoms with E-state index in [4.69, 9.17) is 15.4 Å². The molecule has 0 bridgehead atoms. The summed E-state index contributed by atoms with van der Waals surface area (Å²) in [6.07, 6.45) is 1.79. The molecule has 8 aromatic carbocycles. The van der Waals surface area contributed by atoms with Crippen LogP contribution in [0.5, 0.6) is 0 Å². The predicted octanol–water partition coefficient (Wildman–Crippen LogP) is 12.4. The van der Waals surface area contributed by atoms with E-state index < -0.39 is 5.41 Å². The number of hydrogen-bond acceptors (Lipinski definition) is 2. The van der Waals surface area contributed by atoms with Gasteiger partial charge in [0.25, 0.3) is 0 Å². The number of fused-ring (bicyclic) bond motifs is 3. The smallest absolute Gasteiger partial charge is 0.161 e. The molecule has 0 aliphatic heterocycles. The highest BCUT2D eigenvalue weighted by Gasteiger charge is 2.46. The van der Waals surface area contributed by atoms with Crippen LogP contribution in [0.4, 0.5) is 11.4 Å². The van der Waals surface area contributed by atoms with E-state index in [-0.39, 0.29) is 5.84 Å². The van der Waals surface area contributed by atoms with Crippen LogP contribution in [0.2, 0.25) is 0 Å². The number of nitrogens with zero attached hydrogens (tertiary/aromatic N) is 2. The van der Waals surface area contributed by atoms with Crippen molar-refractivity contribution < 1.29 is 0 Å². The molecule has 0 saturated heterocycles. The summed E-state index contributed by atoms with van der Waals surface area (Å²) < 4.78 is 0. The number of benzene rings is 8. The van der Waals surface area contributed by atoms with Gasteiger partial charge in [-0.25, -0.2) is 9.98 Å². The molecule has 8 aromatic rings. The molecule has 9 rings (SSSR count). The fraction of sp³-hybridized carbons (Fsp3) is 0.0192. The Balaban J connectivity index is 1.12. The van der Waals surface area contributed by atoms with E-state index in [1.807, 2.05) is 84.9 Å². The van der Waals surface area contributed by atoms with Gasteiger partial charge in [0.2, 0.25) is 0 Å². The zero-order chi connectivity index (χ0) is 37.7. The number of anilines is 2. The van der Waals surface area contributed by atoms with Gasteiger partial charge in [0.15, 0.2) is 11.7 Å². The fourth-order valence-electron chi connectivity index (χ4n) is 7.92. The second-order valence-corrected chi connectivity index (χ2v) is 13.9. The minimum absolute atomic E-state index is 0.137. The maximum Gasteiger partial charge on any atom is 0.161 e. The highest BCUT2D eigenvalue weighted by Crippen LogP contribution is 2.57. The average Bonchev–Trinajstić information content (AvgIpc) is 3.56. The summed E-state index contributed by atoms with van der Waals surface area (Å²) in [5, 5.41) is 12.8. The molecule has 0 radical (unpaired) electrons. The topological polar surface area (TPSA) is 60.6 Å². The quantitative estimate of drug-likeness (QED) is 0.119. The average molecular weight is 719 g/mol. The minimum atomic E-state index is -0.497. The maximum atomic E-state index is 8.98. The highest BCUT2D eigenvalue weighted by molar-refractivity contribution is 6.13. The Bertz CT molecular complexity index is 2650. The Morgan fingerprint density at radius 3 is 1.68 bits per heavy atom. The Morgan fingerprint density at radius 2 is 1.04 bits per heavy atom. The van der Waals surface area contributed by atoms with Gasteiger partial charge >= 0.3 is 0 Å². The van der Waals surface area contributed by atoms with Crippen LogP contribution in [-0.4, -0.2) is 17.9 Å². The van der Waals surface area contributed by atoms with E-state index in [1.54, 1.807) is 6.21 Å². The molecule has 266 valence electrons. The van der Waals surface area contributed by atoms with Crippen molar-refractivity contribution in [3.8, 4) is 22.3 Å². The standard InChI is InChI=1S/C52H38N4/c53-50(56-51(40-22-10-3-11-23-40)54-36-37-18-6-1-7-19-37)39-30-32-43(33-31-39)55-49-35-46-44-28-16-17-29-47(44)52(41-24-12-4-13-25-41,42-26-14-5-15-27-42)48(46)34-45(49)38-20-8-2-9-21-38/h1-36,53,55H/b53-50?,54-36+,56-51-. The molecule has 2 N–H and O–H groups in total. The summed E-state index contributed by atoms with van der Waals surface area (Å²) in [6, 6.07) is 73.6. The first-order chi connectivity index (χ1) is 27.7. The molecule has 0 unspecified atom stereocenters. The maximum absolute atomic E-state index is 8.98. The summed E-state index contributed by atoms with van der Waals surface area (Å²) in [5.74, 6) is 0.618. The first-order valence-electron chi connectivity index (χ1n) is 18.8. The molecule has 4 nitrogen and oxygen atoms in total. The summed E-state index contributed by atoms with van der Waals surface area (Å²) in [6.45, 7) is 0. The molecule has 0 amide bonds. The Morgan fingerprint density at radius 1 is 0.482 bits per heavy atom. The lowest BCUT2D eigenvalue weighted by Gasteiger charge is -2.34. The molecule has 1 aliphatic rings. The van der Waals surface area contributed by atoms with Gasteiger partial charge in [-0.15, -0.1) is 0 Å². The van der Waals surface area contributed by atoms with E-state index in [9.17, 15) is 0 Å². The van der Waals surface area contributed by atoms with Crippen molar-refractivity contribution in [2.75, 3.05) is 5.32 Å². The lowest BCUT2D eigenvalue weighted by Crippen LogP contribution is -2.28. The van der Waals surface area contributed by atoms with Crippen LogP contribution >= 0.6 is 0 Å². The first-order valence-corrected chi connectivity index (χ1v) is 18.8. The minimum Gasteiger partial charge on any atom is -0.355 e. The van der Waals surface area contributed by atoms with Crippen LogP contribution in [0, 0.1) is 5.41 Å². The van der Waals surface area contributed by atoms with E-state index in [2.05, 4.69) is 133 Å². The van der Waals surface area contributed by atoms with Crippen LogP contribution in [0.25, 0.3) is 22.3 Å². The number of aliphatic imine (C=N–C) groups is 2. The number of hydrogen-bond donors (Lipinski definition) is 2. The molecule has 4 heteroatoms. The summed E-state index contributed by atoms with van der Waals surface area (Å²) >= 11 is 0. The number of nitrogens with one attached hydrogen (secondary N) is 2. The Hall–Kier alpha value is -7.43. The van der Waals surface area contributed by atoms with E-state index in [1.165, 1.54) is 33.4 Å². The molecular formula is C52H38N4. The third-order valence-corrected chi connectivity index (χ3v) is 10.5. The van der Waals surface area contributed by atoms with E-state index in [0.29, 0.717) is 11.4 Å². The number of amidine groups is 2. The molecule has 0 saturated carbocycles. The molecule has 0 fully saturated rings. The van der Waals surface area contributed by atoms with Crippen LogP contribution < -0.4 is 5.32 Å². The lowest BCUT2D eigenvalue weighted by molar-refractivity contribution is 0.769. The highest BCUT2D eigenvalue weighted by atomic mass is 14.9. The van der Waals surface area contributed by atoms with Crippen molar-refractivity contribution in [3.63, 3.8) is 0 Å². The third kappa shape index (κ3) is 6.44. The molecule has 0 aromatic heterocycles. The van der Waals surface area contributed by atoms with Crippen molar-refractivity contribution in [1.82, 2.24) is 0 Å². The zero-order valence-electron chi connectivity index (χ0n) is 30.7. The second kappa shape index (κ2) is 15.1. The fourth-order valence-corrected chi connectivity index (χ4v) is 7.92. The van der Waals surface area contributed by atoms with Gasteiger partial charge in [0, 0.05) is 34.3 Å². The van der Waals surface area contributed by atoms with Crippen molar-refractivity contribution in [1.29, 1.82) is 5.41 Å². The van der Waals surface area contributed by atoms with Gasteiger partial charge in [-0.1, -0.05) is 176 Å². The van der Waals surface area contributed by atoms with E-state index >= 15 is 0 Å². The van der Waals surface area contributed by atoms with E-state index in [0.717, 1.165) is 33.6 Å². The van der Waals surface area contributed by atoms with Crippen molar-refractivity contribution in [3.05, 3.63) is 251 Å². The van der Waals surface area contributed by atoms with Crippen LogP contribution in [0.3, 0.4) is 0 Å². The molecule has 0 spiro atoms. The summed E-state index contributed by atoms with van der Waals surface area (Å²) in [7, 11) is 0. The normalized spacial score (nSPS) is 12.9. The van der Waals surface area contributed by atoms with Gasteiger partial charge in [-0.3, -0.25) is 5.41 Å². The molecular weight excluding hydrogens is 681 g/mol. The van der Waals surface area contributed by atoms with Crippen LogP contribution in [-0.2, 0) is 5.41 Å². The monoisotopic (exact) mass is 718 g/mol. The zero-order valence-corrected chi connectivity index (χ0v) is 30.7. The molecule has 56 heavy (non-hydrogen) atoms.